The first-order valence-corrected chi connectivity index (χ1v) is 9.78. The van der Waals surface area contributed by atoms with Crippen LogP contribution < -0.4 is 11.1 Å². The summed E-state index contributed by atoms with van der Waals surface area (Å²) in [5.41, 5.74) is 3.83. The average molecular weight is 368 g/mol. The van der Waals surface area contributed by atoms with Gasteiger partial charge in [-0.25, -0.2) is 9.18 Å². The summed E-state index contributed by atoms with van der Waals surface area (Å²) >= 11 is 0. The number of nitrogens with one attached hydrogen (secondary N) is 2. The van der Waals surface area contributed by atoms with Gasteiger partial charge in [-0.1, -0.05) is 18.2 Å². The molecule has 0 aliphatic heterocycles. The fraction of sp³-hybridized carbons (Fsp3) is 0.409. The van der Waals surface area contributed by atoms with Crippen LogP contribution in [0, 0.1) is 5.82 Å². The van der Waals surface area contributed by atoms with Crippen LogP contribution in [0.15, 0.2) is 51.7 Å². The quantitative estimate of drug-likeness (QED) is 0.630. The van der Waals surface area contributed by atoms with E-state index in [2.05, 4.69) is 10.3 Å². The minimum Gasteiger partial charge on any atom is -0.408 e. The number of halogens is 1. The molecule has 1 fully saturated rings. The Hall–Kier alpha value is -2.40. The third-order valence-corrected chi connectivity index (χ3v) is 5.63. The Labute approximate surface area is 157 Å². The van der Waals surface area contributed by atoms with Crippen molar-refractivity contribution < 1.29 is 8.81 Å². The number of benzene rings is 2. The van der Waals surface area contributed by atoms with Gasteiger partial charge in [0.05, 0.1) is 5.52 Å². The summed E-state index contributed by atoms with van der Waals surface area (Å²) in [6.07, 6.45) is 6.67. The smallest absolute Gasteiger partial charge is 0.408 e. The second-order valence-electron chi connectivity index (χ2n) is 7.50. The molecule has 0 unspecified atom stereocenters. The fourth-order valence-electron chi connectivity index (χ4n) is 4.11. The number of hydrogen-bond donors (Lipinski definition) is 2. The second kappa shape index (κ2) is 8.09. The van der Waals surface area contributed by atoms with E-state index >= 15 is 0 Å². The molecular weight excluding hydrogens is 343 g/mol. The highest BCUT2D eigenvalue weighted by Gasteiger charge is 2.21. The lowest BCUT2D eigenvalue weighted by atomic mass is 9.82. The van der Waals surface area contributed by atoms with Gasteiger partial charge in [-0.3, -0.25) is 4.98 Å². The van der Waals surface area contributed by atoms with Crippen molar-refractivity contribution in [3.8, 4) is 0 Å². The summed E-state index contributed by atoms with van der Waals surface area (Å²) in [4.78, 5) is 13.9. The van der Waals surface area contributed by atoms with Crippen molar-refractivity contribution in [2.24, 2.45) is 0 Å². The van der Waals surface area contributed by atoms with Crippen molar-refractivity contribution in [2.75, 3.05) is 6.54 Å². The highest BCUT2D eigenvalue weighted by Crippen LogP contribution is 2.32. The van der Waals surface area contributed by atoms with E-state index in [0.717, 1.165) is 37.7 Å². The first-order valence-electron chi connectivity index (χ1n) is 9.78. The van der Waals surface area contributed by atoms with E-state index in [4.69, 9.17) is 4.42 Å². The van der Waals surface area contributed by atoms with Crippen LogP contribution in [0.5, 0.6) is 0 Å². The maximum atomic E-state index is 13.1. The second-order valence-corrected chi connectivity index (χ2v) is 7.50. The maximum Gasteiger partial charge on any atom is 0.417 e. The molecule has 5 heteroatoms. The summed E-state index contributed by atoms with van der Waals surface area (Å²) in [5, 5.41) is 3.67. The summed E-state index contributed by atoms with van der Waals surface area (Å²) < 4.78 is 18.2. The molecule has 27 heavy (non-hydrogen) atoms. The minimum atomic E-state index is -0.403. The Morgan fingerprint density at radius 1 is 1.07 bits per heavy atom. The molecule has 1 heterocycles. The Balaban J connectivity index is 1.19. The maximum absolute atomic E-state index is 13.1. The lowest BCUT2D eigenvalue weighted by Gasteiger charge is -2.29. The van der Waals surface area contributed by atoms with Crippen LogP contribution in [0.4, 0.5) is 4.39 Å². The molecule has 2 N–H and O–H groups in total. The molecule has 0 radical (unpaired) electrons. The zero-order valence-corrected chi connectivity index (χ0v) is 15.3. The molecule has 142 valence electrons. The van der Waals surface area contributed by atoms with Crippen LogP contribution >= 0.6 is 0 Å². The number of rotatable bonds is 6. The van der Waals surface area contributed by atoms with E-state index in [1.165, 1.54) is 24.0 Å². The third kappa shape index (κ3) is 4.48. The third-order valence-electron chi connectivity index (χ3n) is 5.63. The first kappa shape index (κ1) is 18.0. The van der Waals surface area contributed by atoms with Gasteiger partial charge in [0, 0.05) is 6.04 Å². The standard InChI is InChI=1S/C22H25FN2O2/c23-18-8-4-16(5-9-18)17-6-10-19(11-7-17)24-13-1-2-15-3-12-20-21(14-15)27-22(26)25-20/h3-5,8-9,12,14,17,19,24H,1-2,6-7,10-11,13H2,(H,25,26). The number of H-pyrrole nitrogens is 1. The van der Waals surface area contributed by atoms with Crippen molar-refractivity contribution in [2.45, 2.75) is 50.5 Å². The minimum absolute atomic E-state index is 0.160. The van der Waals surface area contributed by atoms with E-state index in [0.29, 0.717) is 17.5 Å². The molecule has 1 aliphatic rings. The van der Waals surface area contributed by atoms with Crippen LogP contribution in [0.3, 0.4) is 0 Å². The Kier molecular flexibility index (Phi) is 5.39. The lowest BCUT2D eigenvalue weighted by Crippen LogP contribution is -2.33. The molecule has 4 rings (SSSR count). The molecule has 1 aromatic heterocycles. The van der Waals surface area contributed by atoms with Crippen molar-refractivity contribution in [1.29, 1.82) is 0 Å². The van der Waals surface area contributed by atoms with Crippen LogP contribution in [-0.4, -0.2) is 17.6 Å². The molecule has 2 aromatic carbocycles. The molecule has 0 saturated heterocycles. The molecule has 0 spiro atoms. The van der Waals surface area contributed by atoms with Gasteiger partial charge in [0.1, 0.15) is 5.82 Å². The molecule has 1 saturated carbocycles. The number of aromatic amines is 1. The summed E-state index contributed by atoms with van der Waals surface area (Å²) in [6.45, 7) is 0.987. The average Bonchev–Trinajstić information content (AvgIpc) is 3.06. The van der Waals surface area contributed by atoms with E-state index < -0.39 is 5.76 Å². The van der Waals surface area contributed by atoms with Crippen molar-refractivity contribution in [3.63, 3.8) is 0 Å². The van der Waals surface area contributed by atoms with Crippen molar-refractivity contribution >= 4 is 11.1 Å². The zero-order chi connectivity index (χ0) is 18.6. The first-order chi connectivity index (χ1) is 13.2. The molecule has 3 aromatic rings. The Morgan fingerprint density at radius 2 is 1.85 bits per heavy atom. The Morgan fingerprint density at radius 3 is 2.63 bits per heavy atom. The summed E-state index contributed by atoms with van der Waals surface area (Å²) in [5.74, 6) is -0.00154. The number of fused-ring (bicyclic) bond motifs is 1. The van der Waals surface area contributed by atoms with Gasteiger partial charge in [-0.05, 0) is 86.4 Å². The molecule has 0 amide bonds. The molecule has 1 aliphatic carbocycles. The number of hydrogen-bond acceptors (Lipinski definition) is 3. The normalized spacial score (nSPS) is 20.2. The van der Waals surface area contributed by atoms with Gasteiger partial charge in [-0.15, -0.1) is 0 Å². The van der Waals surface area contributed by atoms with Gasteiger partial charge in [0.2, 0.25) is 0 Å². The van der Waals surface area contributed by atoms with Gasteiger partial charge in [-0.2, -0.15) is 0 Å². The topological polar surface area (TPSA) is 58.0 Å². The van der Waals surface area contributed by atoms with E-state index in [9.17, 15) is 9.18 Å². The van der Waals surface area contributed by atoms with Crippen LogP contribution in [-0.2, 0) is 6.42 Å². The van der Waals surface area contributed by atoms with Crippen LogP contribution in [0.2, 0.25) is 0 Å². The van der Waals surface area contributed by atoms with Gasteiger partial charge >= 0.3 is 5.76 Å². The van der Waals surface area contributed by atoms with E-state index in [1.807, 2.05) is 30.3 Å². The van der Waals surface area contributed by atoms with Gasteiger partial charge in [0.25, 0.3) is 0 Å². The predicted octanol–water partition coefficient (Wildman–Crippen LogP) is 4.51. The summed E-state index contributed by atoms with van der Waals surface area (Å²) in [7, 11) is 0. The lowest BCUT2D eigenvalue weighted by molar-refractivity contribution is 0.342. The number of aryl methyl sites for hydroxylation is 1. The van der Waals surface area contributed by atoms with Crippen LogP contribution in [0.1, 0.15) is 49.1 Å². The molecule has 4 nitrogen and oxygen atoms in total. The van der Waals surface area contributed by atoms with Crippen molar-refractivity contribution in [1.82, 2.24) is 10.3 Å². The molecular formula is C22H25FN2O2. The number of oxazole rings is 1. The molecule has 0 atom stereocenters. The summed E-state index contributed by atoms with van der Waals surface area (Å²) in [6, 6.07) is 13.5. The zero-order valence-electron chi connectivity index (χ0n) is 15.3. The SMILES string of the molecule is O=c1[nH]c2ccc(CCCNC3CCC(c4ccc(F)cc4)CC3)cc2o1. The van der Waals surface area contributed by atoms with E-state index in [-0.39, 0.29) is 5.82 Å². The predicted molar refractivity (Wildman–Crippen MR) is 105 cm³/mol. The van der Waals surface area contributed by atoms with Gasteiger partial charge in [0.15, 0.2) is 5.58 Å². The van der Waals surface area contributed by atoms with Gasteiger partial charge < -0.3 is 9.73 Å². The monoisotopic (exact) mass is 368 g/mol. The molecule has 0 bridgehead atoms. The largest absolute Gasteiger partial charge is 0.417 e. The Bertz CT molecular complexity index is 937. The highest BCUT2D eigenvalue weighted by atomic mass is 19.1. The van der Waals surface area contributed by atoms with Crippen LogP contribution in [0.25, 0.3) is 11.1 Å². The van der Waals surface area contributed by atoms with Crippen molar-refractivity contribution in [3.05, 3.63) is 70.0 Å². The highest BCUT2D eigenvalue weighted by molar-refractivity contribution is 5.72. The van der Waals surface area contributed by atoms with E-state index in [1.54, 1.807) is 12.1 Å². The number of aromatic nitrogens is 1. The fourth-order valence-corrected chi connectivity index (χ4v) is 4.11.